The van der Waals surface area contributed by atoms with Crippen LogP contribution < -0.4 is 0 Å². The van der Waals surface area contributed by atoms with E-state index >= 15 is 0 Å². The molecule has 4 aromatic rings. The van der Waals surface area contributed by atoms with Gasteiger partial charge < -0.3 is 14.2 Å². The summed E-state index contributed by atoms with van der Waals surface area (Å²) in [6.07, 6.45) is 5.38. The van der Waals surface area contributed by atoms with Gasteiger partial charge in [0.25, 0.3) is 0 Å². The van der Waals surface area contributed by atoms with Gasteiger partial charge >= 0.3 is 0 Å². The van der Waals surface area contributed by atoms with Crippen molar-refractivity contribution in [1.82, 2.24) is 24.6 Å². The Morgan fingerprint density at radius 2 is 1.79 bits per heavy atom. The average Bonchev–Trinajstić information content (AvgIpc) is 3.41. The summed E-state index contributed by atoms with van der Waals surface area (Å²) < 4.78 is 7.40. The minimum Gasteiger partial charge on any atom is -0.385 e. The second-order valence-corrected chi connectivity index (χ2v) is 10.2. The Morgan fingerprint density at radius 3 is 2.50 bits per heavy atom. The molecule has 1 saturated carbocycles. The van der Waals surface area contributed by atoms with Crippen molar-refractivity contribution >= 4 is 0 Å². The Hall–Kier alpha value is -4.24. The molecule has 4 heterocycles. The van der Waals surface area contributed by atoms with Crippen LogP contribution in [0, 0.1) is 40.9 Å². The lowest BCUT2D eigenvalue weighted by atomic mass is 10.1. The summed E-state index contributed by atoms with van der Waals surface area (Å²) in [6.45, 7) is 5.19. The Balaban J connectivity index is 1.04. The highest BCUT2D eigenvalue weighted by molar-refractivity contribution is 5.59. The van der Waals surface area contributed by atoms with Gasteiger partial charge in [0.15, 0.2) is 5.76 Å². The van der Waals surface area contributed by atoms with Crippen molar-refractivity contribution < 1.29 is 9.63 Å². The molecule has 2 aliphatic rings. The molecular formula is C30H28N6O2. The molecule has 0 bridgehead atoms. The highest BCUT2D eigenvalue weighted by atomic mass is 16.5. The van der Waals surface area contributed by atoms with Crippen molar-refractivity contribution in [1.29, 1.82) is 5.26 Å². The molecule has 0 amide bonds. The molecule has 1 saturated heterocycles. The monoisotopic (exact) mass is 504 g/mol. The molecule has 38 heavy (non-hydrogen) atoms. The SMILES string of the molecule is C[C@H](O)c1nccn1Cc1cc(-c2ccc(C#Cc3ccc(CN4CC5C(CC#N)C5C4)nc3)cc2)on1. The van der Waals surface area contributed by atoms with Crippen LogP contribution >= 0.6 is 0 Å². The first-order valence-corrected chi connectivity index (χ1v) is 12.9. The van der Waals surface area contributed by atoms with E-state index in [1.807, 2.05) is 53.4 Å². The third-order valence-corrected chi connectivity index (χ3v) is 7.52. The summed E-state index contributed by atoms with van der Waals surface area (Å²) in [5.74, 6) is 9.72. The summed E-state index contributed by atoms with van der Waals surface area (Å²) in [6, 6.07) is 16.2. The van der Waals surface area contributed by atoms with Gasteiger partial charge in [-0.25, -0.2) is 4.98 Å². The number of benzene rings is 1. The highest BCUT2D eigenvalue weighted by Crippen LogP contribution is 2.53. The predicted octanol–water partition coefficient (Wildman–Crippen LogP) is 4.03. The lowest BCUT2D eigenvalue weighted by molar-refractivity contribution is 0.184. The van der Waals surface area contributed by atoms with Crippen molar-refractivity contribution in [3.63, 3.8) is 0 Å². The molecule has 1 aromatic carbocycles. The van der Waals surface area contributed by atoms with E-state index in [-0.39, 0.29) is 0 Å². The van der Waals surface area contributed by atoms with Crippen molar-refractivity contribution in [2.45, 2.75) is 32.5 Å². The van der Waals surface area contributed by atoms with Crippen LogP contribution in [-0.4, -0.2) is 42.8 Å². The molecule has 1 N–H and O–H groups in total. The van der Waals surface area contributed by atoms with Gasteiger partial charge in [-0.2, -0.15) is 5.26 Å². The third kappa shape index (κ3) is 5.10. The number of nitrogens with zero attached hydrogens (tertiary/aromatic N) is 6. The van der Waals surface area contributed by atoms with E-state index in [1.54, 1.807) is 13.1 Å². The van der Waals surface area contributed by atoms with Crippen molar-refractivity contribution in [2.24, 2.45) is 17.8 Å². The number of hydrogen-bond donors (Lipinski definition) is 1. The second-order valence-electron chi connectivity index (χ2n) is 10.2. The van der Waals surface area contributed by atoms with Gasteiger partial charge in [-0.15, -0.1) is 0 Å². The van der Waals surface area contributed by atoms with Gasteiger partial charge in [0.2, 0.25) is 0 Å². The van der Waals surface area contributed by atoms with Crippen LogP contribution in [0.3, 0.4) is 0 Å². The van der Waals surface area contributed by atoms with Crippen LogP contribution in [0.25, 0.3) is 11.3 Å². The van der Waals surface area contributed by atoms with E-state index in [0.29, 0.717) is 42.3 Å². The maximum absolute atomic E-state index is 9.84. The Kier molecular flexibility index (Phi) is 6.51. The minimum absolute atomic E-state index is 0.474. The number of likely N-dealkylation sites (tertiary alicyclic amines) is 1. The molecule has 2 fully saturated rings. The number of pyridine rings is 1. The zero-order valence-corrected chi connectivity index (χ0v) is 21.2. The van der Waals surface area contributed by atoms with Crippen LogP contribution in [0.1, 0.15) is 47.8 Å². The van der Waals surface area contributed by atoms with E-state index in [4.69, 9.17) is 9.78 Å². The molecule has 1 aliphatic carbocycles. The first-order valence-electron chi connectivity index (χ1n) is 12.9. The second kappa shape index (κ2) is 10.3. The summed E-state index contributed by atoms with van der Waals surface area (Å²) >= 11 is 0. The molecule has 8 heteroatoms. The van der Waals surface area contributed by atoms with Crippen molar-refractivity contribution in [3.8, 4) is 29.2 Å². The first kappa shape index (κ1) is 24.1. The summed E-state index contributed by atoms with van der Waals surface area (Å²) in [7, 11) is 0. The van der Waals surface area contributed by atoms with E-state index in [0.717, 1.165) is 47.7 Å². The highest BCUT2D eigenvalue weighted by Gasteiger charge is 2.54. The fourth-order valence-electron chi connectivity index (χ4n) is 5.48. The average molecular weight is 505 g/mol. The zero-order chi connectivity index (χ0) is 26.1. The van der Waals surface area contributed by atoms with E-state index in [2.05, 4.69) is 44.0 Å². The zero-order valence-electron chi connectivity index (χ0n) is 21.2. The van der Waals surface area contributed by atoms with Crippen LogP contribution in [0.2, 0.25) is 0 Å². The van der Waals surface area contributed by atoms with Crippen LogP contribution in [0.4, 0.5) is 0 Å². The fraction of sp³-hybridized carbons (Fsp3) is 0.333. The van der Waals surface area contributed by atoms with Crippen LogP contribution in [0.15, 0.2) is 65.6 Å². The van der Waals surface area contributed by atoms with E-state index in [1.165, 1.54) is 0 Å². The largest absolute Gasteiger partial charge is 0.385 e. The van der Waals surface area contributed by atoms with Crippen molar-refractivity contribution in [2.75, 3.05) is 13.1 Å². The molecule has 190 valence electrons. The molecule has 3 atom stereocenters. The standard InChI is InChI=1S/C30H28N6O2/c1-20(37)30-32-12-13-36(30)17-25-14-29(38-34-25)23-7-4-21(5-8-23)2-3-22-6-9-24(33-15-22)16-35-18-27-26(10-11-31)28(27)19-35/h4-9,12-15,20,26-28,37H,10,16-19H2,1H3/t20-,26?,27?,28?/m0/s1. The van der Waals surface area contributed by atoms with E-state index < -0.39 is 6.10 Å². The summed E-state index contributed by atoms with van der Waals surface area (Å²) in [4.78, 5) is 11.2. The smallest absolute Gasteiger partial charge is 0.167 e. The molecule has 1 aliphatic heterocycles. The van der Waals surface area contributed by atoms with Crippen LogP contribution in [0.5, 0.6) is 0 Å². The lowest BCUT2D eigenvalue weighted by Crippen LogP contribution is -2.24. The Morgan fingerprint density at radius 1 is 1.03 bits per heavy atom. The first-order chi connectivity index (χ1) is 18.6. The molecular weight excluding hydrogens is 476 g/mol. The summed E-state index contributed by atoms with van der Waals surface area (Å²) in [5.41, 5.74) is 4.51. The third-order valence-electron chi connectivity index (χ3n) is 7.52. The van der Waals surface area contributed by atoms with Gasteiger partial charge in [-0.05, 0) is 61.1 Å². The number of hydrogen-bond acceptors (Lipinski definition) is 7. The lowest BCUT2D eigenvalue weighted by Gasteiger charge is -2.18. The number of aliphatic hydroxyl groups excluding tert-OH is 1. The minimum atomic E-state index is -0.649. The Labute approximate surface area is 221 Å². The van der Waals surface area contributed by atoms with Gasteiger partial charge in [0, 0.05) is 67.4 Å². The van der Waals surface area contributed by atoms with Gasteiger partial charge in [-0.1, -0.05) is 17.0 Å². The number of nitriles is 1. The predicted molar refractivity (Wildman–Crippen MR) is 140 cm³/mol. The molecule has 0 spiro atoms. The van der Waals surface area contributed by atoms with Gasteiger partial charge in [-0.3, -0.25) is 9.88 Å². The number of aliphatic hydroxyl groups is 1. The number of fused-ring (bicyclic) bond motifs is 1. The van der Waals surface area contributed by atoms with Crippen molar-refractivity contribution in [3.05, 3.63) is 89.4 Å². The molecule has 2 unspecified atom stereocenters. The quantitative estimate of drug-likeness (QED) is 0.379. The summed E-state index contributed by atoms with van der Waals surface area (Å²) in [5, 5.41) is 22.9. The van der Waals surface area contributed by atoms with Gasteiger partial charge in [0.1, 0.15) is 17.6 Å². The Bertz CT molecular complexity index is 1510. The van der Waals surface area contributed by atoms with Crippen LogP contribution in [-0.2, 0) is 13.1 Å². The molecule has 8 nitrogen and oxygen atoms in total. The number of rotatable bonds is 7. The number of piperidine rings is 1. The fourth-order valence-corrected chi connectivity index (χ4v) is 5.48. The molecule has 3 aromatic heterocycles. The molecule has 6 rings (SSSR count). The number of aromatic nitrogens is 4. The topological polar surface area (TPSA) is 104 Å². The maximum atomic E-state index is 9.84. The normalized spacial score (nSPS) is 20.8. The molecule has 0 radical (unpaired) electrons. The maximum Gasteiger partial charge on any atom is 0.167 e. The number of imidazole rings is 1. The van der Waals surface area contributed by atoms with E-state index in [9.17, 15) is 5.11 Å². The van der Waals surface area contributed by atoms with Gasteiger partial charge in [0.05, 0.1) is 18.3 Å².